The summed E-state index contributed by atoms with van der Waals surface area (Å²) in [7, 11) is -3.55. The first-order valence-corrected chi connectivity index (χ1v) is 10.0. The highest BCUT2D eigenvalue weighted by molar-refractivity contribution is 7.89. The molecule has 0 bridgehead atoms. The summed E-state index contributed by atoms with van der Waals surface area (Å²) in [6.45, 7) is 1.99. The van der Waals surface area contributed by atoms with Crippen LogP contribution in [-0.2, 0) is 26.2 Å². The lowest BCUT2D eigenvalue weighted by molar-refractivity contribution is -0.127. The van der Waals surface area contributed by atoms with E-state index in [4.69, 9.17) is 4.74 Å². The molecule has 1 fully saturated rings. The maximum absolute atomic E-state index is 12.3. The molecule has 2 aromatic rings. The third-order valence-electron chi connectivity index (χ3n) is 4.02. The largest absolute Gasteiger partial charge is 0.364 e. The summed E-state index contributed by atoms with van der Waals surface area (Å²) in [5.74, 6) is -0.328. The van der Waals surface area contributed by atoms with Gasteiger partial charge in [0, 0.05) is 11.7 Å². The molecule has 0 aromatic heterocycles. The second kappa shape index (κ2) is 7.99. The molecule has 1 aliphatic carbocycles. The lowest BCUT2D eigenvalue weighted by atomic mass is 10.2. The van der Waals surface area contributed by atoms with Gasteiger partial charge in [-0.05, 0) is 43.5 Å². The van der Waals surface area contributed by atoms with E-state index >= 15 is 0 Å². The van der Waals surface area contributed by atoms with Gasteiger partial charge < -0.3 is 10.1 Å². The number of hydrogen-bond acceptors (Lipinski definition) is 4. The molecule has 3 rings (SSSR count). The fourth-order valence-electron chi connectivity index (χ4n) is 2.34. The molecule has 2 aromatic carbocycles. The molecule has 0 aliphatic heterocycles. The zero-order chi connectivity index (χ0) is 18.6. The second-order valence-corrected chi connectivity index (χ2v) is 8.07. The van der Waals surface area contributed by atoms with Gasteiger partial charge in [0.25, 0.3) is 5.91 Å². The Labute approximate surface area is 153 Å². The van der Waals surface area contributed by atoms with Crippen LogP contribution in [0.25, 0.3) is 0 Å². The van der Waals surface area contributed by atoms with Crippen molar-refractivity contribution in [2.24, 2.45) is 0 Å². The van der Waals surface area contributed by atoms with E-state index in [0.717, 1.165) is 18.4 Å². The van der Waals surface area contributed by atoms with Gasteiger partial charge in [0.05, 0.1) is 11.5 Å². The van der Waals surface area contributed by atoms with E-state index in [9.17, 15) is 13.2 Å². The smallest absolute Gasteiger partial charge is 0.253 e. The van der Waals surface area contributed by atoms with E-state index in [2.05, 4.69) is 10.0 Å². The number of rotatable bonds is 8. The molecule has 6 nitrogen and oxygen atoms in total. The van der Waals surface area contributed by atoms with Crippen LogP contribution in [0.2, 0.25) is 0 Å². The molecule has 0 saturated heterocycles. The average molecular weight is 374 g/mol. The molecular formula is C19H22N2O4S. The van der Waals surface area contributed by atoms with Crippen molar-refractivity contribution in [3.05, 3.63) is 60.2 Å². The minimum absolute atomic E-state index is 0.0321. The molecule has 1 unspecified atom stereocenters. The van der Waals surface area contributed by atoms with Gasteiger partial charge in [-0.25, -0.2) is 13.1 Å². The Hall–Kier alpha value is -2.22. The Bertz CT molecular complexity index is 864. The summed E-state index contributed by atoms with van der Waals surface area (Å²) in [6, 6.07) is 15.8. The first kappa shape index (κ1) is 18.6. The van der Waals surface area contributed by atoms with E-state index in [1.807, 2.05) is 30.3 Å². The van der Waals surface area contributed by atoms with Crippen molar-refractivity contribution in [1.82, 2.24) is 4.72 Å². The predicted molar refractivity (Wildman–Crippen MR) is 99.1 cm³/mol. The zero-order valence-electron chi connectivity index (χ0n) is 14.5. The summed E-state index contributed by atoms with van der Waals surface area (Å²) in [5.41, 5.74) is 1.40. The number of anilines is 1. The van der Waals surface area contributed by atoms with E-state index in [0.29, 0.717) is 12.3 Å². The first-order valence-electron chi connectivity index (χ1n) is 8.53. The quantitative estimate of drug-likeness (QED) is 0.744. The van der Waals surface area contributed by atoms with Crippen molar-refractivity contribution in [2.75, 3.05) is 5.32 Å². The van der Waals surface area contributed by atoms with Crippen molar-refractivity contribution in [3.8, 4) is 0 Å². The van der Waals surface area contributed by atoms with Crippen molar-refractivity contribution in [2.45, 2.75) is 43.4 Å². The number of amides is 1. The Morgan fingerprint density at radius 2 is 1.88 bits per heavy atom. The third-order valence-corrected chi connectivity index (χ3v) is 5.54. The third kappa shape index (κ3) is 5.14. The lowest BCUT2D eigenvalue weighted by Gasteiger charge is -2.14. The Balaban J connectivity index is 1.59. The topological polar surface area (TPSA) is 84.5 Å². The number of sulfonamides is 1. The van der Waals surface area contributed by atoms with E-state index < -0.39 is 16.1 Å². The maximum Gasteiger partial charge on any atom is 0.253 e. The van der Waals surface area contributed by atoms with Gasteiger partial charge in [0.2, 0.25) is 10.0 Å². The number of carbonyl (C=O) groups excluding carboxylic acids is 1. The van der Waals surface area contributed by atoms with Gasteiger partial charge in [0.15, 0.2) is 0 Å². The predicted octanol–water partition coefficient (Wildman–Crippen LogP) is 2.67. The molecule has 26 heavy (non-hydrogen) atoms. The summed E-state index contributed by atoms with van der Waals surface area (Å²) in [4.78, 5) is 12.4. The van der Waals surface area contributed by atoms with Crippen LogP contribution in [0, 0.1) is 0 Å². The van der Waals surface area contributed by atoms with Crippen LogP contribution >= 0.6 is 0 Å². The minimum Gasteiger partial charge on any atom is -0.364 e. The van der Waals surface area contributed by atoms with Crippen molar-refractivity contribution in [1.29, 1.82) is 0 Å². The molecule has 0 radical (unpaired) electrons. The number of ether oxygens (including phenoxy) is 1. The Morgan fingerprint density at radius 1 is 1.15 bits per heavy atom. The van der Waals surface area contributed by atoms with Crippen LogP contribution in [0.5, 0.6) is 0 Å². The molecule has 0 heterocycles. The van der Waals surface area contributed by atoms with E-state index in [-0.39, 0.29) is 16.8 Å². The Kier molecular flexibility index (Phi) is 5.70. The lowest BCUT2D eigenvalue weighted by Crippen LogP contribution is -2.28. The summed E-state index contributed by atoms with van der Waals surface area (Å²) in [5, 5.41) is 2.70. The van der Waals surface area contributed by atoms with E-state index in [1.165, 1.54) is 12.1 Å². The second-order valence-electron chi connectivity index (χ2n) is 6.35. The number of benzene rings is 2. The van der Waals surface area contributed by atoms with Gasteiger partial charge in [-0.2, -0.15) is 0 Å². The van der Waals surface area contributed by atoms with Gasteiger partial charge in [-0.15, -0.1) is 0 Å². The summed E-state index contributed by atoms with van der Waals surface area (Å²) < 4.78 is 32.7. The molecule has 0 spiro atoms. The highest BCUT2D eigenvalue weighted by Crippen LogP contribution is 2.23. The SMILES string of the molecule is CC(OCc1ccccc1)C(=O)Nc1cccc(S(=O)(=O)NC2CC2)c1. The molecule has 1 atom stereocenters. The van der Waals surface area contributed by atoms with E-state index in [1.54, 1.807) is 19.1 Å². The minimum atomic E-state index is -3.55. The zero-order valence-corrected chi connectivity index (χ0v) is 15.3. The standard InChI is InChI=1S/C19H22N2O4S/c1-14(25-13-15-6-3-2-4-7-15)19(22)20-17-8-5-9-18(12-17)26(23,24)21-16-10-11-16/h2-9,12,14,16,21H,10-11,13H2,1H3,(H,20,22). The molecule has 138 valence electrons. The molecule has 1 saturated carbocycles. The van der Waals surface area contributed by atoms with Gasteiger partial charge in [-0.3, -0.25) is 4.79 Å². The maximum atomic E-state index is 12.3. The van der Waals surface area contributed by atoms with Crippen LogP contribution in [-0.4, -0.2) is 26.5 Å². The van der Waals surface area contributed by atoms with Gasteiger partial charge in [-0.1, -0.05) is 36.4 Å². The van der Waals surface area contributed by atoms with Gasteiger partial charge in [0.1, 0.15) is 6.10 Å². The molecule has 1 amide bonds. The number of carbonyl (C=O) groups is 1. The molecule has 7 heteroatoms. The fraction of sp³-hybridized carbons (Fsp3) is 0.316. The molecule has 1 aliphatic rings. The van der Waals surface area contributed by atoms with Crippen molar-refractivity contribution < 1.29 is 17.9 Å². The highest BCUT2D eigenvalue weighted by atomic mass is 32.2. The van der Waals surface area contributed by atoms with Gasteiger partial charge >= 0.3 is 0 Å². The first-order chi connectivity index (χ1) is 12.4. The van der Waals surface area contributed by atoms with Crippen LogP contribution < -0.4 is 10.0 Å². The highest BCUT2D eigenvalue weighted by Gasteiger charge is 2.28. The molecular weight excluding hydrogens is 352 g/mol. The van der Waals surface area contributed by atoms with Crippen molar-refractivity contribution in [3.63, 3.8) is 0 Å². The number of nitrogens with one attached hydrogen (secondary N) is 2. The van der Waals surface area contributed by atoms with Crippen LogP contribution in [0.3, 0.4) is 0 Å². The fourth-order valence-corrected chi connectivity index (χ4v) is 3.70. The van der Waals surface area contributed by atoms with Crippen molar-refractivity contribution >= 4 is 21.6 Å². The van der Waals surface area contributed by atoms with Crippen LogP contribution in [0.15, 0.2) is 59.5 Å². The average Bonchev–Trinajstić information content (AvgIpc) is 3.44. The summed E-state index contributed by atoms with van der Waals surface area (Å²) >= 11 is 0. The molecule has 2 N–H and O–H groups in total. The monoisotopic (exact) mass is 374 g/mol. The van der Waals surface area contributed by atoms with Crippen LogP contribution in [0.1, 0.15) is 25.3 Å². The van der Waals surface area contributed by atoms with Crippen LogP contribution in [0.4, 0.5) is 5.69 Å². The summed E-state index contributed by atoms with van der Waals surface area (Å²) in [6.07, 6.45) is 1.07. The number of hydrogen-bond donors (Lipinski definition) is 2. The normalized spacial score (nSPS) is 15.4. The Morgan fingerprint density at radius 3 is 2.58 bits per heavy atom.